The molecule has 8 nitrogen and oxygen atoms in total. The quantitative estimate of drug-likeness (QED) is 0.564. The number of β-amino-alcohol motifs (C(OH)–C–C–N with tert-alkyl or cyclic N) is 1. The van der Waals surface area contributed by atoms with E-state index >= 15 is 0 Å². The number of aryl methyl sites for hydroxylation is 1. The summed E-state index contributed by atoms with van der Waals surface area (Å²) in [6.45, 7) is 11.7. The molecule has 1 aromatic rings. The molecule has 0 spiro atoms. The van der Waals surface area contributed by atoms with Crippen molar-refractivity contribution in [3.8, 4) is 0 Å². The number of carbonyl (C=O) groups is 2. The van der Waals surface area contributed by atoms with E-state index in [0.29, 0.717) is 31.8 Å². The molecule has 0 aliphatic carbocycles. The van der Waals surface area contributed by atoms with Gasteiger partial charge in [-0.05, 0) is 65.9 Å². The molecule has 4 N–H and O–H groups in total. The van der Waals surface area contributed by atoms with Gasteiger partial charge >= 0.3 is 0 Å². The number of nitrogens with zero attached hydrogens (tertiary/aromatic N) is 2. The Hall–Kier alpha value is -1.93. The third kappa shape index (κ3) is 6.82. The normalized spacial score (nSPS) is 25.9. The van der Waals surface area contributed by atoms with E-state index < -0.39 is 6.10 Å². The summed E-state index contributed by atoms with van der Waals surface area (Å²) in [4.78, 5) is 23.1. The lowest BCUT2D eigenvalue weighted by molar-refractivity contribution is -0.132. The molecule has 1 amide bonds. The zero-order chi connectivity index (χ0) is 21.8. The molecule has 8 heteroatoms. The highest BCUT2D eigenvalue weighted by molar-refractivity contribution is 5.77. The molecule has 0 aromatic carbocycles. The minimum atomic E-state index is -0.461. The minimum Gasteiger partial charge on any atom is -0.483 e. The number of amides is 1. The minimum absolute atomic E-state index is 0.0531. The molecule has 29 heavy (non-hydrogen) atoms. The van der Waals surface area contributed by atoms with Gasteiger partial charge in [-0.3, -0.25) is 14.7 Å². The van der Waals surface area contributed by atoms with Gasteiger partial charge in [0.15, 0.2) is 0 Å². The first-order valence-electron chi connectivity index (χ1n) is 10.3. The number of aromatic amines is 1. The van der Waals surface area contributed by atoms with Crippen molar-refractivity contribution in [2.45, 2.75) is 77.5 Å². The number of aliphatic hydroxyl groups excluding tert-OH is 1. The molecule has 2 saturated heterocycles. The number of H-pyrrole nitrogens is 1. The lowest BCUT2D eigenvalue weighted by atomic mass is 9.74. The van der Waals surface area contributed by atoms with Crippen LogP contribution in [0.25, 0.3) is 0 Å². The number of likely N-dealkylation sites (tertiary alicyclic amines) is 1. The van der Waals surface area contributed by atoms with Gasteiger partial charge in [-0.1, -0.05) is 0 Å². The number of aromatic nitrogens is 2. The Morgan fingerprint density at radius 2 is 1.86 bits per heavy atom. The lowest BCUT2D eigenvalue weighted by Crippen LogP contribution is -2.58. The number of hydrogen-bond donors (Lipinski definition) is 4. The van der Waals surface area contributed by atoms with Gasteiger partial charge in [0.25, 0.3) is 6.47 Å². The van der Waals surface area contributed by atoms with Gasteiger partial charge in [0.05, 0.1) is 11.8 Å². The third-order valence-corrected chi connectivity index (χ3v) is 5.73. The maximum atomic E-state index is 12.9. The summed E-state index contributed by atoms with van der Waals surface area (Å²) < 4.78 is 0. The fourth-order valence-electron chi connectivity index (χ4n) is 5.16. The first-order valence-corrected chi connectivity index (χ1v) is 10.3. The standard InChI is InChI=1S/C20H34N4O2.CH2O2/c1-13-6-16(22-21-13)8-15-11-24(12-17(15)25)18(26)7-14-9-19(2,3)23-20(4,5)10-14;2-1-3/h6,14-15,17,23,25H,7-12H2,1-5H3,(H,21,22);1H,(H,2,3)/t15-,17-;/m1./s1. The molecule has 1 aromatic heterocycles. The van der Waals surface area contributed by atoms with Gasteiger partial charge in [-0.15, -0.1) is 0 Å². The van der Waals surface area contributed by atoms with Crippen molar-refractivity contribution in [3.63, 3.8) is 0 Å². The summed E-state index contributed by atoms with van der Waals surface area (Å²) in [6, 6.07) is 2.01. The van der Waals surface area contributed by atoms with Crippen LogP contribution in [-0.2, 0) is 16.0 Å². The van der Waals surface area contributed by atoms with E-state index in [1.807, 2.05) is 17.9 Å². The van der Waals surface area contributed by atoms with Crippen LogP contribution < -0.4 is 5.32 Å². The van der Waals surface area contributed by atoms with Crippen LogP contribution in [0.2, 0.25) is 0 Å². The number of nitrogens with one attached hydrogen (secondary N) is 2. The molecule has 2 aliphatic heterocycles. The molecule has 0 radical (unpaired) electrons. The van der Waals surface area contributed by atoms with Gasteiger partial charge in [0.2, 0.25) is 5.91 Å². The molecule has 3 rings (SSSR count). The Labute approximate surface area is 173 Å². The maximum absolute atomic E-state index is 12.9. The maximum Gasteiger partial charge on any atom is 0.290 e. The van der Waals surface area contributed by atoms with Gasteiger partial charge in [0.1, 0.15) is 0 Å². The van der Waals surface area contributed by atoms with E-state index in [4.69, 9.17) is 9.90 Å². The van der Waals surface area contributed by atoms with Crippen LogP contribution in [0.1, 0.15) is 58.3 Å². The molecule has 2 fully saturated rings. The third-order valence-electron chi connectivity index (χ3n) is 5.73. The van der Waals surface area contributed by atoms with E-state index in [1.54, 1.807) is 0 Å². The molecular formula is C21H36N4O4. The average Bonchev–Trinajstić information content (AvgIpc) is 3.11. The van der Waals surface area contributed by atoms with Gasteiger partial charge in [-0.25, -0.2) is 0 Å². The fraction of sp³-hybridized carbons (Fsp3) is 0.762. The van der Waals surface area contributed by atoms with Crippen molar-refractivity contribution < 1.29 is 19.8 Å². The molecule has 3 heterocycles. The van der Waals surface area contributed by atoms with Gasteiger partial charge in [0, 0.05) is 42.2 Å². The van der Waals surface area contributed by atoms with Crippen LogP contribution in [0.4, 0.5) is 0 Å². The SMILES string of the molecule is Cc1cc(C[C@@H]2CN(C(=O)CC3CC(C)(C)NC(C)(C)C3)C[C@H]2O)n[nH]1.O=CO. The average molecular weight is 409 g/mol. The van der Waals surface area contributed by atoms with Crippen molar-refractivity contribution >= 4 is 12.4 Å². The molecular weight excluding hydrogens is 372 g/mol. The van der Waals surface area contributed by atoms with Crippen molar-refractivity contribution in [3.05, 3.63) is 17.5 Å². The monoisotopic (exact) mass is 408 g/mol. The molecule has 0 saturated carbocycles. The van der Waals surface area contributed by atoms with E-state index in [9.17, 15) is 9.90 Å². The number of piperidine rings is 1. The molecule has 164 valence electrons. The Morgan fingerprint density at radius 3 is 2.38 bits per heavy atom. The van der Waals surface area contributed by atoms with Crippen LogP contribution >= 0.6 is 0 Å². The second-order valence-corrected chi connectivity index (χ2v) is 9.85. The zero-order valence-corrected chi connectivity index (χ0v) is 18.2. The summed E-state index contributed by atoms with van der Waals surface area (Å²) in [7, 11) is 0. The smallest absolute Gasteiger partial charge is 0.290 e. The van der Waals surface area contributed by atoms with Gasteiger partial charge < -0.3 is 20.4 Å². The van der Waals surface area contributed by atoms with Crippen molar-refractivity contribution in [1.29, 1.82) is 0 Å². The van der Waals surface area contributed by atoms with E-state index in [2.05, 4.69) is 43.2 Å². The summed E-state index contributed by atoms with van der Waals surface area (Å²) in [6.07, 6.45) is 2.85. The summed E-state index contributed by atoms with van der Waals surface area (Å²) >= 11 is 0. The largest absolute Gasteiger partial charge is 0.483 e. The molecule has 2 aliphatic rings. The summed E-state index contributed by atoms with van der Waals surface area (Å²) in [5, 5.41) is 28.2. The highest BCUT2D eigenvalue weighted by Crippen LogP contribution is 2.35. The van der Waals surface area contributed by atoms with Crippen LogP contribution in [0.15, 0.2) is 6.07 Å². The van der Waals surface area contributed by atoms with Crippen molar-refractivity contribution in [2.75, 3.05) is 13.1 Å². The molecule has 0 bridgehead atoms. The Morgan fingerprint density at radius 1 is 1.28 bits per heavy atom. The topological polar surface area (TPSA) is 119 Å². The highest BCUT2D eigenvalue weighted by Gasteiger charge is 2.40. The Balaban J connectivity index is 0.000000941. The Kier molecular flexibility index (Phi) is 7.45. The van der Waals surface area contributed by atoms with Crippen LogP contribution in [0, 0.1) is 18.8 Å². The second-order valence-electron chi connectivity index (χ2n) is 9.85. The van der Waals surface area contributed by atoms with Crippen molar-refractivity contribution in [2.24, 2.45) is 11.8 Å². The number of rotatable bonds is 4. The molecule has 0 unspecified atom stereocenters. The first-order chi connectivity index (χ1) is 13.4. The first kappa shape index (κ1) is 23.3. The summed E-state index contributed by atoms with van der Waals surface area (Å²) in [5.41, 5.74) is 2.09. The second kappa shape index (κ2) is 9.26. The van der Waals surface area contributed by atoms with E-state index in [1.165, 1.54) is 0 Å². The highest BCUT2D eigenvalue weighted by atomic mass is 16.3. The Bertz CT molecular complexity index is 685. The fourth-order valence-corrected chi connectivity index (χ4v) is 5.16. The van der Waals surface area contributed by atoms with Crippen LogP contribution in [-0.4, -0.2) is 68.0 Å². The van der Waals surface area contributed by atoms with Crippen molar-refractivity contribution in [1.82, 2.24) is 20.4 Å². The zero-order valence-electron chi connectivity index (χ0n) is 18.2. The van der Waals surface area contributed by atoms with Gasteiger partial charge in [-0.2, -0.15) is 5.10 Å². The van der Waals surface area contributed by atoms with Crippen LogP contribution in [0.5, 0.6) is 0 Å². The number of carboxylic acid groups (broad SMARTS) is 1. The number of aliphatic hydroxyl groups is 1. The van der Waals surface area contributed by atoms with E-state index in [0.717, 1.165) is 24.2 Å². The lowest BCUT2D eigenvalue weighted by Gasteiger charge is -2.46. The number of hydrogen-bond acceptors (Lipinski definition) is 5. The molecule has 2 atom stereocenters. The predicted octanol–water partition coefficient (Wildman–Crippen LogP) is 1.73. The summed E-state index contributed by atoms with van der Waals surface area (Å²) in [5.74, 6) is 0.643. The van der Waals surface area contributed by atoms with Crippen LogP contribution in [0.3, 0.4) is 0 Å². The predicted molar refractivity (Wildman–Crippen MR) is 110 cm³/mol. The van der Waals surface area contributed by atoms with E-state index in [-0.39, 0.29) is 29.4 Å². The number of carbonyl (C=O) groups excluding carboxylic acids is 1.